The molecular weight excluding hydrogens is 356 g/mol. The molecule has 1 aromatic heterocycles. The fourth-order valence-electron chi connectivity index (χ4n) is 1.97. The smallest absolute Gasteiger partial charge is 0.272 e. The van der Waals surface area contributed by atoms with E-state index >= 15 is 0 Å². The van der Waals surface area contributed by atoms with Crippen molar-refractivity contribution in [1.29, 1.82) is 0 Å². The Labute approximate surface area is 141 Å². The van der Waals surface area contributed by atoms with E-state index in [0.717, 1.165) is 15.6 Å². The van der Waals surface area contributed by atoms with Crippen LogP contribution in [0.4, 0.5) is 0 Å². The Morgan fingerprint density at radius 3 is 2.61 bits per heavy atom. The van der Waals surface area contributed by atoms with Crippen molar-refractivity contribution in [3.63, 3.8) is 0 Å². The molecule has 5 nitrogen and oxygen atoms in total. The van der Waals surface area contributed by atoms with Crippen LogP contribution < -0.4 is 5.43 Å². The Kier molecular flexibility index (Phi) is 4.63. The number of halogens is 1. The van der Waals surface area contributed by atoms with Crippen LogP contribution in [-0.4, -0.2) is 22.3 Å². The van der Waals surface area contributed by atoms with Crippen molar-refractivity contribution in [2.75, 3.05) is 0 Å². The molecule has 1 heterocycles. The molecule has 23 heavy (non-hydrogen) atoms. The number of rotatable bonds is 4. The average Bonchev–Trinajstić information content (AvgIpc) is 3.06. The third-order valence-corrected chi connectivity index (χ3v) is 3.67. The summed E-state index contributed by atoms with van der Waals surface area (Å²) in [4.78, 5) is 12.0. The summed E-state index contributed by atoms with van der Waals surface area (Å²) in [6.45, 7) is 0. The minimum atomic E-state index is -0.340. The van der Waals surface area contributed by atoms with Gasteiger partial charge in [-0.2, -0.15) is 10.2 Å². The highest BCUT2D eigenvalue weighted by Gasteiger charge is 2.10. The maximum Gasteiger partial charge on any atom is 0.289 e. The van der Waals surface area contributed by atoms with Crippen LogP contribution in [0.1, 0.15) is 16.1 Å². The number of nitrogens with one attached hydrogen (secondary N) is 2. The summed E-state index contributed by atoms with van der Waals surface area (Å²) in [5.74, 6) is -0.340. The monoisotopic (exact) mass is 368 g/mol. The van der Waals surface area contributed by atoms with Gasteiger partial charge in [-0.25, -0.2) is 5.43 Å². The number of aromatic nitrogens is 2. The topological polar surface area (TPSA) is 70.1 Å². The maximum absolute atomic E-state index is 12.0. The van der Waals surface area contributed by atoms with E-state index in [0.29, 0.717) is 11.4 Å². The second kappa shape index (κ2) is 7.02. The largest absolute Gasteiger partial charge is 0.289 e. The van der Waals surface area contributed by atoms with Crippen molar-refractivity contribution in [2.45, 2.75) is 0 Å². The van der Waals surface area contributed by atoms with Crippen LogP contribution >= 0.6 is 15.9 Å². The first-order valence-electron chi connectivity index (χ1n) is 6.92. The van der Waals surface area contributed by atoms with Gasteiger partial charge in [-0.3, -0.25) is 9.89 Å². The Bertz CT molecular complexity index is 825. The van der Waals surface area contributed by atoms with Crippen molar-refractivity contribution in [3.8, 4) is 11.3 Å². The molecule has 0 aliphatic carbocycles. The van der Waals surface area contributed by atoms with Gasteiger partial charge in [0.2, 0.25) is 0 Å². The molecular formula is C17H13BrN4O. The van der Waals surface area contributed by atoms with Gasteiger partial charge in [0.05, 0.1) is 11.9 Å². The Morgan fingerprint density at radius 2 is 1.87 bits per heavy atom. The van der Waals surface area contributed by atoms with Gasteiger partial charge in [0.1, 0.15) is 5.69 Å². The average molecular weight is 369 g/mol. The van der Waals surface area contributed by atoms with E-state index in [4.69, 9.17) is 0 Å². The molecule has 0 radical (unpaired) electrons. The zero-order chi connectivity index (χ0) is 16.1. The van der Waals surface area contributed by atoms with Crippen LogP contribution in [0.25, 0.3) is 11.3 Å². The fourth-order valence-corrected chi connectivity index (χ4v) is 2.24. The summed E-state index contributed by atoms with van der Waals surface area (Å²) >= 11 is 3.39. The van der Waals surface area contributed by atoms with Crippen LogP contribution in [0.5, 0.6) is 0 Å². The number of hydrazone groups is 1. The summed E-state index contributed by atoms with van der Waals surface area (Å²) in [7, 11) is 0. The molecule has 0 atom stereocenters. The lowest BCUT2D eigenvalue weighted by Crippen LogP contribution is -2.17. The molecule has 0 saturated carbocycles. The van der Waals surface area contributed by atoms with E-state index in [2.05, 4.69) is 36.7 Å². The first kappa shape index (κ1) is 15.2. The number of nitrogens with zero attached hydrogens (tertiary/aromatic N) is 2. The molecule has 0 unspecified atom stereocenters. The predicted molar refractivity (Wildman–Crippen MR) is 93.2 cm³/mol. The quantitative estimate of drug-likeness (QED) is 0.545. The van der Waals surface area contributed by atoms with E-state index in [-0.39, 0.29) is 5.91 Å². The van der Waals surface area contributed by atoms with Gasteiger partial charge in [0, 0.05) is 10.0 Å². The lowest BCUT2D eigenvalue weighted by atomic mass is 10.1. The standard InChI is InChI=1S/C17H13BrN4O/c18-14-8-6-13(7-9-14)15-10-16(21-20-15)17(23)22-19-11-12-4-2-1-3-5-12/h1-11H,(H,20,21)(H,22,23)/b19-11-. The van der Waals surface area contributed by atoms with E-state index in [1.54, 1.807) is 12.3 Å². The molecule has 2 aromatic carbocycles. The lowest BCUT2D eigenvalue weighted by molar-refractivity contribution is 0.0950. The first-order valence-corrected chi connectivity index (χ1v) is 7.71. The maximum atomic E-state index is 12.0. The second-order valence-electron chi connectivity index (χ2n) is 4.78. The van der Waals surface area contributed by atoms with E-state index in [1.807, 2.05) is 54.6 Å². The lowest BCUT2D eigenvalue weighted by Gasteiger charge is -1.96. The number of benzene rings is 2. The molecule has 114 valence electrons. The van der Waals surface area contributed by atoms with Crippen LogP contribution in [0, 0.1) is 0 Å². The third kappa shape index (κ3) is 3.92. The van der Waals surface area contributed by atoms with Crippen molar-refractivity contribution in [1.82, 2.24) is 15.6 Å². The molecule has 2 N–H and O–H groups in total. The highest BCUT2D eigenvalue weighted by atomic mass is 79.9. The van der Waals surface area contributed by atoms with E-state index < -0.39 is 0 Å². The third-order valence-electron chi connectivity index (χ3n) is 3.14. The second-order valence-corrected chi connectivity index (χ2v) is 5.70. The molecule has 0 saturated heterocycles. The Hall–Kier alpha value is -2.73. The number of carbonyl (C=O) groups is 1. The van der Waals surface area contributed by atoms with E-state index in [1.165, 1.54) is 0 Å². The molecule has 0 bridgehead atoms. The molecule has 0 aliphatic rings. The SMILES string of the molecule is O=C(N/N=C\c1ccccc1)c1cc(-c2ccc(Br)cc2)n[nH]1. The van der Waals surface area contributed by atoms with E-state index in [9.17, 15) is 4.79 Å². The van der Waals surface area contributed by atoms with Crippen molar-refractivity contribution >= 4 is 28.1 Å². The molecule has 3 aromatic rings. The van der Waals surface area contributed by atoms with Gasteiger partial charge in [-0.1, -0.05) is 58.4 Å². The van der Waals surface area contributed by atoms with Gasteiger partial charge in [-0.05, 0) is 23.8 Å². The van der Waals surface area contributed by atoms with Crippen LogP contribution in [-0.2, 0) is 0 Å². The van der Waals surface area contributed by atoms with Crippen LogP contribution in [0.2, 0.25) is 0 Å². The van der Waals surface area contributed by atoms with Gasteiger partial charge in [-0.15, -0.1) is 0 Å². The first-order chi connectivity index (χ1) is 11.2. The minimum Gasteiger partial charge on any atom is -0.272 e. The predicted octanol–water partition coefficient (Wildman–Crippen LogP) is 3.60. The highest BCUT2D eigenvalue weighted by Crippen LogP contribution is 2.20. The normalized spacial score (nSPS) is 10.8. The molecule has 0 aliphatic heterocycles. The Morgan fingerprint density at radius 1 is 1.13 bits per heavy atom. The summed E-state index contributed by atoms with van der Waals surface area (Å²) in [5, 5.41) is 10.8. The zero-order valence-corrected chi connectivity index (χ0v) is 13.6. The van der Waals surface area contributed by atoms with Gasteiger partial charge >= 0.3 is 0 Å². The summed E-state index contributed by atoms with van der Waals surface area (Å²) < 4.78 is 0.991. The van der Waals surface area contributed by atoms with Crippen LogP contribution in [0.15, 0.2) is 70.2 Å². The molecule has 0 fully saturated rings. The summed E-state index contributed by atoms with van der Waals surface area (Å²) in [5.41, 5.74) is 5.37. The molecule has 1 amide bonds. The van der Waals surface area contributed by atoms with Crippen molar-refractivity contribution in [3.05, 3.63) is 76.4 Å². The van der Waals surface area contributed by atoms with Gasteiger partial charge < -0.3 is 0 Å². The van der Waals surface area contributed by atoms with Crippen molar-refractivity contribution < 1.29 is 4.79 Å². The molecule has 0 spiro atoms. The Balaban J connectivity index is 1.67. The zero-order valence-electron chi connectivity index (χ0n) is 12.0. The number of aromatic amines is 1. The molecule has 3 rings (SSSR count). The number of H-pyrrole nitrogens is 1. The number of carbonyl (C=O) groups excluding carboxylic acids is 1. The number of hydrogen-bond donors (Lipinski definition) is 2. The number of amides is 1. The van der Waals surface area contributed by atoms with Gasteiger partial charge in [0.25, 0.3) is 5.91 Å². The van der Waals surface area contributed by atoms with Gasteiger partial charge in [0.15, 0.2) is 0 Å². The molecule has 6 heteroatoms. The number of hydrogen-bond acceptors (Lipinski definition) is 3. The minimum absolute atomic E-state index is 0.340. The van der Waals surface area contributed by atoms with Crippen LogP contribution in [0.3, 0.4) is 0 Å². The summed E-state index contributed by atoms with van der Waals surface area (Å²) in [6, 6.07) is 18.9. The van der Waals surface area contributed by atoms with Crippen molar-refractivity contribution in [2.24, 2.45) is 5.10 Å². The summed E-state index contributed by atoms with van der Waals surface area (Å²) in [6.07, 6.45) is 1.59. The fraction of sp³-hybridized carbons (Fsp3) is 0. The highest BCUT2D eigenvalue weighted by molar-refractivity contribution is 9.10.